The summed E-state index contributed by atoms with van der Waals surface area (Å²) in [6.07, 6.45) is 0. The summed E-state index contributed by atoms with van der Waals surface area (Å²) >= 11 is 0. The quantitative estimate of drug-likeness (QED) is 0.755. The Kier molecular flexibility index (Phi) is 3.57. The summed E-state index contributed by atoms with van der Waals surface area (Å²) in [7, 11) is 1.57. The molecule has 1 aliphatic rings. The van der Waals surface area contributed by atoms with Crippen molar-refractivity contribution in [2.75, 3.05) is 20.2 Å². The zero-order chi connectivity index (χ0) is 13.1. The molecule has 1 saturated heterocycles. The summed E-state index contributed by atoms with van der Waals surface area (Å²) in [4.78, 5) is 28.8. The number of piperazine rings is 1. The van der Waals surface area contributed by atoms with Gasteiger partial charge in [0.15, 0.2) is 0 Å². The Morgan fingerprint density at radius 3 is 2.61 bits per heavy atom. The molecule has 0 aromatic carbocycles. The van der Waals surface area contributed by atoms with Crippen molar-refractivity contribution in [3.8, 4) is 5.75 Å². The van der Waals surface area contributed by atoms with Crippen LogP contribution in [0.1, 0.15) is 11.4 Å². The number of imide groups is 1. The molecule has 0 saturated carbocycles. The molecule has 18 heavy (non-hydrogen) atoms. The average molecular weight is 249 g/mol. The van der Waals surface area contributed by atoms with Crippen LogP contribution in [0.4, 0.5) is 0 Å². The number of rotatable bonds is 3. The Morgan fingerprint density at radius 2 is 2.00 bits per heavy atom. The Morgan fingerprint density at radius 1 is 1.33 bits per heavy atom. The molecular formula is C12H15N3O3. The Balaban J connectivity index is 2.19. The SMILES string of the molecule is COc1cc(C)nc(CN2C(=O)CNCC2=O)c1. The van der Waals surface area contributed by atoms with E-state index in [1.165, 1.54) is 4.90 Å². The molecule has 96 valence electrons. The molecule has 0 spiro atoms. The molecule has 1 N–H and O–H groups in total. The van der Waals surface area contributed by atoms with Crippen molar-refractivity contribution >= 4 is 11.8 Å². The lowest BCUT2D eigenvalue weighted by molar-refractivity contribution is -0.147. The second-order valence-electron chi connectivity index (χ2n) is 4.12. The third-order valence-electron chi connectivity index (χ3n) is 2.69. The van der Waals surface area contributed by atoms with Crippen molar-refractivity contribution in [1.82, 2.24) is 15.2 Å². The molecule has 0 radical (unpaired) electrons. The van der Waals surface area contributed by atoms with Crippen LogP contribution in [0.3, 0.4) is 0 Å². The van der Waals surface area contributed by atoms with E-state index in [2.05, 4.69) is 10.3 Å². The van der Waals surface area contributed by atoms with Gasteiger partial charge in [-0.2, -0.15) is 0 Å². The minimum Gasteiger partial charge on any atom is -0.497 e. The first kappa shape index (κ1) is 12.5. The molecule has 1 aliphatic heterocycles. The number of nitrogens with zero attached hydrogens (tertiary/aromatic N) is 2. The van der Waals surface area contributed by atoms with Gasteiger partial charge in [-0.15, -0.1) is 0 Å². The predicted molar refractivity (Wildman–Crippen MR) is 64.0 cm³/mol. The number of hydrogen-bond acceptors (Lipinski definition) is 5. The molecule has 6 heteroatoms. The van der Waals surface area contributed by atoms with Crippen LogP contribution in [-0.4, -0.2) is 41.9 Å². The first-order valence-electron chi connectivity index (χ1n) is 5.65. The summed E-state index contributed by atoms with van der Waals surface area (Å²) < 4.78 is 5.14. The van der Waals surface area contributed by atoms with E-state index in [0.717, 1.165) is 5.69 Å². The van der Waals surface area contributed by atoms with E-state index in [9.17, 15) is 9.59 Å². The van der Waals surface area contributed by atoms with Crippen LogP contribution in [-0.2, 0) is 16.1 Å². The molecular weight excluding hydrogens is 234 g/mol. The maximum absolute atomic E-state index is 11.6. The van der Waals surface area contributed by atoms with Crippen molar-refractivity contribution < 1.29 is 14.3 Å². The van der Waals surface area contributed by atoms with Crippen LogP contribution in [0.2, 0.25) is 0 Å². The lowest BCUT2D eigenvalue weighted by Crippen LogP contribution is -2.51. The monoisotopic (exact) mass is 249 g/mol. The van der Waals surface area contributed by atoms with Crippen molar-refractivity contribution in [3.05, 3.63) is 23.5 Å². The zero-order valence-electron chi connectivity index (χ0n) is 10.4. The third kappa shape index (κ3) is 2.65. The topological polar surface area (TPSA) is 71.5 Å². The molecule has 0 bridgehead atoms. The molecule has 2 heterocycles. The minimum atomic E-state index is -0.228. The highest BCUT2D eigenvalue weighted by Crippen LogP contribution is 2.15. The van der Waals surface area contributed by atoms with Crippen molar-refractivity contribution in [2.24, 2.45) is 0 Å². The summed E-state index contributed by atoms with van der Waals surface area (Å²) in [6, 6.07) is 3.53. The van der Waals surface area contributed by atoms with Gasteiger partial charge in [0.2, 0.25) is 11.8 Å². The van der Waals surface area contributed by atoms with Gasteiger partial charge in [-0.25, -0.2) is 0 Å². The second-order valence-corrected chi connectivity index (χ2v) is 4.12. The molecule has 2 rings (SSSR count). The van der Waals surface area contributed by atoms with Gasteiger partial charge in [0.25, 0.3) is 0 Å². The molecule has 1 aromatic rings. The first-order chi connectivity index (χ1) is 8.60. The minimum absolute atomic E-state index is 0.189. The summed E-state index contributed by atoms with van der Waals surface area (Å²) in [6.45, 7) is 2.41. The van der Waals surface area contributed by atoms with Crippen LogP contribution >= 0.6 is 0 Å². The van der Waals surface area contributed by atoms with Crippen LogP contribution in [0.15, 0.2) is 12.1 Å². The number of aromatic nitrogens is 1. The van der Waals surface area contributed by atoms with E-state index in [0.29, 0.717) is 11.4 Å². The number of nitrogens with one attached hydrogen (secondary N) is 1. The maximum atomic E-state index is 11.6. The van der Waals surface area contributed by atoms with Crippen LogP contribution in [0, 0.1) is 6.92 Å². The molecule has 0 aliphatic carbocycles. The first-order valence-corrected chi connectivity index (χ1v) is 5.65. The molecule has 0 unspecified atom stereocenters. The van der Waals surface area contributed by atoms with Crippen LogP contribution < -0.4 is 10.1 Å². The largest absolute Gasteiger partial charge is 0.497 e. The fraction of sp³-hybridized carbons (Fsp3) is 0.417. The number of ether oxygens (including phenoxy) is 1. The fourth-order valence-electron chi connectivity index (χ4n) is 1.85. The van der Waals surface area contributed by atoms with Crippen molar-refractivity contribution in [2.45, 2.75) is 13.5 Å². The van der Waals surface area contributed by atoms with Crippen molar-refractivity contribution in [1.29, 1.82) is 0 Å². The van der Waals surface area contributed by atoms with E-state index in [1.807, 2.05) is 6.92 Å². The van der Waals surface area contributed by atoms with Gasteiger partial charge in [-0.1, -0.05) is 0 Å². The standard InChI is InChI=1S/C12H15N3O3/c1-8-3-10(18-2)4-9(14-8)7-15-11(16)5-13-6-12(15)17/h3-4,13H,5-7H2,1-2H3. The molecule has 6 nitrogen and oxygen atoms in total. The number of aryl methyl sites for hydroxylation is 1. The summed E-state index contributed by atoms with van der Waals surface area (Å²) in [5.74, 6) is 0.217. The van der Waals surface area contributed by atoms with Crippen LogP contribution in [0.5, 0.6) is 5.75 Å². The van der Waals surface area contributed by atoms with Gasteiger partial charge in [0, 0.05) is 17.8 Å². The van der Waals surface area contributed by atoms with Crippen LogP contribution in [0.25, 0.3) is 0 Å². The van der Waals surface area contributed by atoms with E-state index in [4.69, 9.17) is 4.74 Å². The number of amides is 2. The normalized spacial score (nSPS) is 16.0. The zero-order valence-corrected chi connectivity index (χ0v) is 10.4. The second kappa shape index (κ2) is 5.14. The van der Waals surface area contributed by atoms with Gasteiger partial charge in [-0.3, -0.25) is 24.8 Å². The van der Waals surface area contributed by atoms with Gasteiger partial charge in [0.05, 0.1) is 32.4 Å². The van der Waals surface area contributed by atoms with E-state index in [1.54, 1.807) is 19.2 Å². The smallest absolute Gasteiger partial charge is 0.243 e. The maximum Gasteiger partial charge on any atom is 0.243 e. The average Bonchev–Trinajstić information content (AvgIpc) is 2.33. The summed E-state index contributed by atoms with van der Waals surface area (Å²) in [5.41, 5.74) is 1.44. The highest BCUT2D eigenvalue weighted by molar-refractivity contribution is 5.99. The van der Waals surface area contributed by atoms with E-state index >= 15 is 0 Å². The van der Waals surface area contributed by atoms with E-state index < -0.39 is 0 Å². The Bertz CT molecular complexity index is 471. The van der Waals surface area contributed by atoms with Gasteiger partial charge in [0.1, 0.15) is 5.75 Å². The highest BCUT2D eigenvalue weighted by Gasteiger charge is 2.26. The highest BCUT2D eigenvalue weighted by atomic mass is 16.5. The number of methoxy groups -OCH3 is 1. The summed E-state index contributed by atoms with van der Waals surface area (Å²) in [5, 5.41) is 2.75. The molecule has 0 atom stereocenters. The van der Waals surface area contributed by atoms with Gasteiger partial charge in [-0.05, 0) is 6.92 Å². The van der Waals surface area contributed by atoms with Gasteiger partial charge < -0.3 is 4.74 Å². The number of carbonyl (C=O) groups excluding carboxylic acids is 2. The molecule has 2 amide bonds. The fourth-order valence-corrected chi connectivity index (χ4v) is 1.85. The third-order valence-corrected chi connectivity index (χ3v) is 2.69. The Labute approximate surface area is 105 Å². The Hall–Kier alpha value is -1.95. The number of pyridine rings is 1. The molecule has 1 aromatic heterocycles. The lowest BCUT2D eigenvalue weighted by Gasteiger charge is -2.25. The van der Waals surface area contributed by atoms with E-state index in [-0.39, 0.29) is 31.4 Å². The van der Waals surface area contributed by atoms with Crippen molar-refractivity contribution in [3.63, 3.8) is 0 Å². The lowest BCUT2D eigenvalue weighted by atomic mass is 10.2. The number of carbonyl (C=O) groups is 2. The number of hydrogen-bond donors (Lipinski definition) is 1. The van der Waals surface area contributed by atoms with Gasteiger partial charge >= 0.3 is 0 Å². The molecule has 1 fully saturated rings. The predicted octanol–water partition coefficient (Wildman–Crippen LogP) is -0.143.